The number of rotatable bonds is 5. The van der Waals surface area contributed by atoms with Crippen molar-refractivity contribution in [2.45, 2.75) is 6.61 Å². The summed E-state index contributed by atoms with van der Waals surface area (Å²) in [7, 11) is 1.60. The lowest BCUT2D eigenvalue weighted by Crippen LogP contribution is -1.97. The van der Waals surface area contributed by atoms with Gasteiger partial charge in [0.2, 0.25) is 0 Å². The molecule has 0 bridgehead atoms. The lowest BCUT2D eigenvalue weighted by atomic mass is 10.1. The Kier molecular flexibility index (Phi) is 3.70. The van der Waals surface area contributed by atoms with E-state index < -0.39 is 5.97 Å². The molecule has 0 atom stereocenters. The highest BCUT2D eigenvalue weighted by molar-refractivity contribution is 5.93. The van der Waals surface area contributed by atoms with Gasteiger partial charge in [-0.3, -0.25) is 0 Å². The van der Waals surface area contributed by atoms with Gasteiger partial charge in [0.25, 0.3) is 0 Å². The second-order valence-electron chi connectivity index (χ2n) is 4.74. The Morgan fingerprint density at radius 2 is 1.86 bits per heavy atom. The van der Waals surface area contributed by atoms with E-state index >= 15 is 0 Å². The smallest absolute Gasteiger partial charge is 0.335 e. The third-order valence-corrected chi connectivity index (χ3v) is 3.35. The average molecular weight is 298 g/mol. The van der Waals surface area contributed by atoms with Crippen molar-refractivity contribution in [3.05, 3.63) is 59.9 Å². The molecule has 22 heavy (non-hydrogen) atoms. The molecule has 2 aromatic carbocycles. The van der Waals surface area contributed by atoms with Crippen LogP contribution in [-0.4, -0.2) is 18.2 Å². The van der Waals surface area contributed by atoms with Crippen LogP contribution in [-0.2, 0) is 6.61 Å². The van der Waals surface area contributed by atoms with Gasteiger partial charge < -0.3 is 19.0 Å². The first kappa shape index (κ1) is 14.0. The highest BCUT2D eigenvalue weighted by Crippen LogP contribution is 2.25. The Labute approximate surface area is 126 Å². The number of carbonyl (C=O) groups is 1. The molecule has 5 heteroatoms. The zero-order valence-electron chi connectivity index (χ0n) is 11.9. The predicted molar refractivity (Wildman–Crippen MR) is 80.5 cm³/mol. The second-order valence-corrected chi connectivity index (χ2v) is 4.74. The van der Waals surface area contributed by atoms with E-state index in [9.17, 15) is 4.79 Å². The van der Waals surface area contributed by atoms with E-state index in [4.69, 9.17) is 19.0 Å². The van der Waals surface area contributed by atoms with E-state index in [2.05, 4.69) is 0 Å². The van der Waals surface area contributed by atoms with Gasteiger partial charge in [-0.2, -0.15) is 0 Å². The summed E-state index contributed by atoms with van der Waals surface area (Å²) >= 11 is 0. The summed E-state index contributed by atoms with van der Waals surface area (Å²) in [6, 6.07) is 12.0. The molecule has 0 saturated carbocycles. The fourth-order valence-corrected chi connectivity index (χ4v) is 2.16. The zero-order valence-corrected chi connectivity index (χ0v) is 11.9. The van der Waals surface area contributed by atoms with Gasteiger partial charge in [0.1, 0.15) is 23.7 Å². The molecule has 1 aromatic heterocycles. The molecule has 1 heterocycles. The van der Waals surface area contributed by atoms with Crippen molar-refractivity contribution in [3.63, 3.8) is 0 Å². The molecule has 3 aromatic rings. The molecule has 0 unspecified atom stereocenters. The molecular weight excluding hydrogens is 284 g/mol. The number of hydrogen-bond acceptors (Lipinski definition) is 4. The third-order valence-electron chi connectivity index (χ3n) is 3.35. The highest BCUT2D eigenvalue weighted by Gasteiger charge is 2.10. The summed E-state index contributed by atoms with van der Waals surface area (Å²) in [6.45, 7) is 0.294. The van der Waals surface area contributed by atoms with E-state index in [0.29, 0.717) is 17.9 Å². The van der Waals surface area contributed by atoms with Gasteiger partial charge >= 0.3 is 5.97 Å². The molecule has 3 rings (SSSR count). The van der Waals surface area contributed by atoms with Crippen molar-refractivity contribution in [1.29, 1.82) is 0 Å². The molecule has 0 saturated heterocycles. The van der Waals surface area contributed by atoms with Gasteiger partial charge in [-0.15, -0.1) is 0 Å². The van der Waals surface area contributed by atoms with Crippen LogP contribution >= 0.6 is 0 Å². The van der Waals surface area contributed by atoms with E-state index in [1.165, 1.54) is 6.07 Å². The van der Waals surface area contributed by atoms with Crippen LogP contribution in [0.3, 0.4) is 0 Å². The van der Waals surface area contributed by atoms with Crippen LogP contribution in [0.5, 0.6) is 11.5 Å². The largest absolute Gasteiger partial charge is 0.497 e. The van der Waals surface area contributed by atoms with Crippen molar-refractivity contribution in [1.82, 2.24) is 0 Å². The fraction of sp³-hybridized carbons (Fsp3) is 0.118. The van der Waals surface area contributed by atoms with Crippen molar-refractivity contribution in [3.8, 4) is 11.5 Å². The SMILES string of the molecule is COc1ccc(OCc2coc3ccc(C(=O)O)cc23)cc1. The maximum Gasteiger partial charge on any atom is 0.335 e. The molecule has 1 N–H and O–H groups in total. The van der Waals surface area contributed by atoms with Gasteiger partial charge in [0, 0.05) is 10.9 Å². The van der Waals surface area contributed by atoms with Crippen LogP contribution < -0.4 is 9.47 Å². The van der Waals surface area contributed by atoms with Crippen LogP contribution in [0.25, 0.3) is 11.0 Å². The van der Waals surface area contributed by atoms with Crippen molar-refractivity contribution in [2.75, 3.05) is 7.11 Å². The van der Waals surface area contributed by atoms with Crippen LogP contribution in [0.4, 0.5) is 0 Å². The van der Waals surface area contributed by atoms with Crippen molar-refractivity contribution in [2.24, 2.45) is 0 Å². The van der Waals surface area contributed by atoms with Gasteiger partial charge in [0.15, 0.2) is 0 Å². The van der Waals surface area contributed by atoms with Gasteiger partial charge in [0.05, 0.1) is 18.9 Å². The molecule has 0 radical (unpaired) electrons. The maximum absolute atomic E-state index is 11.0. The lowest BCUT2D eigenvalue weighted by molar-refractivity contribution is 0.0697. The number of ether oxygens (including phenoxy) is 2. The molecular formula is C17H14O5. The number of fused-ring (bicyclic) bond motifs is 1. The fourth-order valence-electron chi connectivity index (χ4n) is 2.16. The normalized spacial score (nSPS) is 10.6. The average Bonchev–Trinajstić information content (AvgIpc) is 2.95. The molecule has 112 valence electrons. The molecule has 0 aliphatic carbocycles. The summed E-state index contributed by atoms with van der Waals surface area (Å²) in [5, 5.41) is 9.80. The number of carboxylic acids is 1. The molecule has 0 fully saturated rings. The minimum absolute atomic E-state index is 0.222. The Hall–Kier alpha value is -2.95. The Morgan fingerprint density at radius 3 is 2.55 bits per heavy atom. The highest BCUT2D eigenvalue weighted by atomic mass is 16.5. The van der Waals surface area contributed by atoms with Crippen LogP contribution in [0, 0.1) is 0 Å². The number of furan rings is 1. The first-order chi connectivity index (χ1) is 10.7. The number of aromatic carboxylic acids is 1. The van der Waals surface area contributed by atoms with E-state index in [1.54, 1.807) is 25.5 Å². The third kappa shape index (κ3) is 2.74. The van der Waals surface area contributed by atoms with Crippen LogP contribution in [0.1, 0.15) is 15.9 Å². The van der Waals surface area contributed by atoms with Gasteiger partial charge in [-0.05, 0) is 42.5 Å². The quantitative estimate of drug-likeness (QED) is 0.777. The first-order valence-electron chi connectivity index (χ1n) is 6.67. The van der Waals surface area contributed by atoms with E-state index in [0.717, 1.165) is 16.7 Å². The Bertz CT molecular complexity index is 802. The summed E-state index contributed by atoms with van der Waals surface area (Å²) in [5.41, 5.74) is 1.66. The zero-order chi connectivity index (χ0) is 15.5. The molecule has 0 spiro atoms. The van der Waals surface area contributed by atoms with Gasteiger partial charge in [-0.25, -0.2) is 4.79 Å². The van der Waals surface area contributed by atoms with Gasteiger partial charge in [-0.1, -0.05) is 0 Å². The van der Waals surface area contributed by atoms with Crippen LogP contribution in [0.2, 0.25) is 0 Å². The predicted octanol–water partition coefficient (Wildman–Crippen LogP) is 3.72. The minimum Gasteiger partial charge on any atom is -0.497 e. The van der Waals surface area contributed by atoms with E-state index in [-0.39, 0.29) is 5.56 Å². The Morgan fingerprint density at radius 1 is 1.14 bits per heavy atom. The monoisotopic (exact) mass is 298 g/mol. The topological polar surface area (TPSA) is 68.9 Å². The maximum atomic E-state index is 11.0. The Balaban J connectivity index is 1.80. The molecule has 0 aliphatic heterocycles. The van der Waals surface area contributed by atoms with Crippen LogP contribution in [0.15, 0.2) is 53.1 Å². The second kappa shape index (κ2) is 5.81. The molecule has 0 amide bonds. The molecule has 0 aliphatic rings. The molecule has 5 nitrogen and oxygen atoms in total. The first-order valence-corrected chi connectivity index (χ1v) is 6.67. The number of carboxylic acid groups (broad SMARTS) is 1. The summed E-state index contributed by atoms with van der Waals surface area (Å²) in [4.78, 5) is 11.0. The number of hydrogen-bond donors (Lipinski definition) is 1. The van der Waals surface area contributed by atoms with E-state index in [1.807, 2.05) is 24.3 Å². The number of methoxy groups -OCH3 is 1. The minimum atomic E-state index is -0.967. The van der Waals surface area contributed by atoms with Crippen molar-refractivity contribution < 1.29 is 23.8 Å². The standard InChI is InChI=1S/C17H14O5/c1-20-13-3-5-14(6-4-13)21-9-12-10-22-16-7-2-11(17(18)19)8-15(12)16/h2-8,10H,9H2,1H3,(H,18,19). The summed E-state index contributed by atoms with van der Waals surface area (Å²) in [6.07, 6.45) is 1.58. The summed E-state index contributed by atoms with van der Waals surface area (Å²) < 4.78 is 16.2. The van der Waals surface area contributed by atoms with Crippen molar-refractivity contribution >= 4 is 16.9 Å². The lowest BCUT2D eigenvalue weighted by Gasteiger charge is -2.06. The number of benzene rings is 2. The summed E-state index contributed by atoms with van der Waals surface area (Å²) in [5.74, 6) is 0.488.